The van der Waals surface area contributed by atoms with Crippen LogP contribution in [0.4, 0.5) is 14.0 Å². The molecule has 4 fully saturated rings. The molecule has 228 valence electrons. The van der Waals surface area contributed by atoms with Gasteiger partial charge in [0, 0.05) is 5.56 Å². The first kappa shape index (κ1) is 27.0. The summed E-state index contributed by atoms with van der Waals surface area (Å²) in [6.07, 6.45) is 3.39. The Hall–Kier alpha value is -5.35. The summed E-state index contributed by atoms with van der Waals surface area (Å²) in [4.78, 5) is 48.9. The van der Waals surface area contributed by atoms with E-state index in [0.717, 1.165) is 59.1 Å². The summed E-state index contributed by atoms with van der Waals surface area (Å²) in [5.41, 5.74) is 3.78. The molecular weight excluding hydrogens is 587 g/mol. The highest BCUT2D eigenvalue weighted by atomic mass is 19.1. The van der Waals surface area contributed by atoms with Crippen molar-refractivity contribution >= 4 is 23.9 Å². The topological polar surface area (TPSA) is 137 Å². The number of carbonyl (C=O) groups is 4. The first-order valence-electron chi connectivity index (χ1n) is 15.3. The lowest BCUT2D eigenvalue weighted by atomic mass is 9.86. The molecule has 6 amide bonds. The normalized spacial score (nSPS) is 25.1. The van der Waals surface area contributed by atoms with E-state index in [1.807, 2.05) is 66.7 Å². The predicted molar refractivity (Wildman–Crippen MR) is 164 cm³/mol. The standard InChI is InChI=1S/C18H13FN2O2.C18H14N2O3/c19-15-10(9-5-6-9)7-8-12-11-3-1-2-4-13(11)18(14(12)15)16(22)20-17(23)21-18;21-15-18(20-16(22)19-15)13-4-2-1-3-11(13)12-6-5-10(9-14(12)18)17(23)7-8-17/h1-4,7-9H,5-6H2,(H2,20,21,22,23);1-6,9,23H,7-8H2,(H2,19,20,21,22). The van der Waals surface area contributed by atoms with Crippen molar-refractivity contribution in [2.75, 3.05) is 0 Å². The second-order valence-corrected chi connectivity index (χ2v) is 12.9. The molecule has 2 atom stereocenters. The van der Waals surface area contributed by atoms with Gasteiger partial charge in [0.15, 0.2) is 11.1 Å². The van der Waals surface area contributed by atoms with Crippen molar-refractivity contribution in [1.29, 1.82) is 0 Å². The van der Waals surface area contributed by atoms with E-state index in [-0.39, 0.29) is 23.2 Å². The number of nitrogens with one attached hydrogen (secondary N) is 4. The lowest BCUT2D eigenvalue weighted by Crippen LogP contribution is -2.44. The van der Waals surface area contributed by atoms with Gasteiger partial charge in [0.25, 0.3) is 11.8 Å². The number of hydrogen-bond donors (Lipinski definition) is 5. The molecule has 6 aliphatic rings. The van der Waals surface area contributed by atoms with Crippen LogP contribution in [0.5, 0.6) is 0 Å². The molecule has 46 heavy (non-hydrogen) atoms. The number of rotatable bonds is 2. The number of carbonyl (C=O) groups excluding carboxylic acids is 4. The van der Waals surface area contributed by atoms with Gasteiger partial charge < -0.3 is 15.7 Å². The first-order chi connectivity index (χ1) is 22.2. The zero-order valence-electron chi connectivity index (χ0n) is 24.4. The highest BCUT2D eigenvalue weighted by Gasteiger charge is 2.57. The van der Waals surface area contributed by atoms with E-state index in [1.54, 1.807) is 12.1 Å². The van der Waals surface area contributed by atoms with Crippen LogP contribution in [0.15, 0.2) is 78.9 Å². The minimum Gasteiger partial charge on any atom is -0.385 e. The molecule has 2 spiro atoms. The van der Waals surface area contributed by atoms with Gasteiger partial charge in [0.2, 0.25) is 0 Å². The molecule has 0 radical (unpaired) electrons. The van der Waals surface area contributed by atoms with E-state index in [2.05, 4.69) is 21.3 Å². The summed E-state index contributed by atoms with van der Waals surface area (Å²) < 4.78 is 15.3. The maximum atomic E-state index is 15.3. The Morgan fingerprint density at radius 1 is 0.652 bits per heavy atom. The fourth-order valence-corrected chi connectivity index (χ4v) is 7.70. The van der Waals surface area contributed by atoms with Crippen LogP contribution in [-0.2, 0) is 26.3 Å². The van der Waals surface area contributed by atoms with Gasteiger partial charge in [-0.2, -0.15) is 0 Å². The van der Waals surface area contributed by atoms with E-state index in [0.29, 0.717) is 16.7 Å². The minimum absolute atomic E-state index is 0.223. The number of hydrogen-bond acceptors (Lipinski definition) is 5. The van der Waals surface area contributed by atoms with Crippen molar-refractivity contribution in [2.45, 2.75) is 48.3 Å². The molecule has 5 N–H and O–H groups in total. The smallest absolute Gasteiger partial charge is 0.322 e. The summed E-state index contributed by atoms with van der Waals surface area (Å²) in [7, 11) is 0. The molecular formula is C36H27FN4O5. The largest absolute Gasteiger partial charge is 0.385 e. The maximum Gasteiger partial charge on any atom is 0.322 e. The Labute approximate surface area is 262 Å². The Kier molecular flexibility index (Phi) is 5.21. The van der Waals surface area contributed by atoms with Crippen LogP contribution in [0.1, 0.15) is 65.0 Å². The van der Waals surface area contributed by atoms with E-state index < -0.39 is 34.6 Å². The molecule has 2 aliphatic heterocycles. The van der Waals surface area contributed by atoms with E-state index >= 15 is 4.39 Å². The lowest BCUT2D eigenvalue weighted by Gasteiger charge is -2.24. The van der Waals surface area contributed by atoms with Crippen LogP contribution in [0, 0.1) is 5.82 Å². The van der Waals surface area contributed by atoms with Gasteiger partial charge in [-0.3, -0.25) is 20.2 Å². The number of fused-ring (bicyclic) bond motifs is 10. The summed E-state index contributed by atoms with van der Waals surface area (Å²) in [6, 6.07) is 23.2. The molecule has 10 heteroatoms. The molecule has 0 aromatic heterocycles. The quantitative estimate of drug-likeness (QED) is 0.212. The molecule has 2 saturated carbocycles. The monoisotopic (exact) mass is 614 g/mol. The van der Waals surface area contributed by atoms with Gasteiger partial charge in [-0.1, -0.05) is 72.8 Å². The first-order valence-corrected chi connectivity index (χ1v) is 15.3. The number of imide groups is 2. The van der Waals surface area contributed by atoms with E-state index in [4.69, 9.17) is 0 Å². The van der Waals surface area contributed by atoms with Gasteiger partial charge in [0.05, 0.1) is 5.60 Å². The van der Waals surface area contributed by atoms with E-state index in [1.165, 1.54) is 0 Å². The second kappa shape index (κ2) is 8.88. The maximum absolute atomic E-state index is 15.3. The van der Waals surface area contributed by atoms with Crippen molar-refractivity contribution in [3.8, 4) is 22.3 Å². The summed E-state index contributed by atoms with van der Waals surface area (Å²) in [5, 5.41) is 20.5. The molecule has 4 aromatic carbocycles. The average Bonchev–Trinajstić information content (AvgIpc) is 3.94. The zero-order valence-corrected chi connectivity index (χ0v) is 24.4. The summed E-state index contributed by atoms with van der Waals surface area (Å²) in [6.45, 7) is 0. The van der Waals surface area contributed by atoms with Crippen molar-refractivity contribution < 1.29 is 28.7 Å². The number of halogens is 1. The Bertz CT molecular complexity index is 2100. The molecule has 4 aromatic rings. The van der Waals surface area contributed by atoms with Crippen LogP contribution < -0.4 is 21.3 Å². The molecule has 10 rings (SSSR count). The third-order valence-corrected chi connectivity index (χ3v) is 10.2. The molecule has 2 heterocycles. The van der Waals surface area contributed by atoms with Crippen LogP contribution >= 0.6 is 0 Å². The van der Waals surface area contributed by atoms with Crippen LogP contribution in [0.2, 0.25) is 0 Å². The van der Waals surface area contributed by atoms with Gasteiger partial charge in [0.1, 0.15) is 5.82 Å². The second-order valence-electron chi connectivity index (χ2n) is 12.9. The van der Waals surface area contributed by atoms with Crippen molar-refractivity contribution in [3.63, 3.8) is 0 Å². The number of aliphatic hydroxyl groups is 1. The average molecular weight is 615 g/mol. The fourth-order valence-electron chi connectivity index (χ4n) is 7.70. The molecule has 9 nitrogen and oxygen atoms in total. The number of urea groups is 2. The third-order valence-electron chi connectivity index (χ3n) is 10.2. The van der Waals surface area contributed by atoms with Gasteiger partial charge in [-0.05, 0) is 87.7 Å². The van der Waals surface area contributed by atoms with Crippen LogP contribution in [0.25, 0.3) is 22.3 Å². The number of amides is 6. The van der Waals surface area contributed by atoms with Crippen molar-refractivity contribution in [2.24, 2.45) is 0 Å². The third kappa shape index (κ3) is 3.42. The molecule has 2 unspecified atom stereocenters. The fraction of sp³-hybridized carbons (Fsp3) is 0.222. The Balaban J connectivity index is 0.000000127. The molecule has 0 bridgehead atoms. The molecule has 4 aliphatic carbocycles. The van der Waals surface area contributed by atoms with Gasteiger partial charge >= 0.3 is 12.1 Å². The minimum atomic E-state index is -1.45. The SMILES string of the molecule is O=C1NC(=O)C2(N1)c1ccccc1-c1ccc(C3(O)CC3)cc12.O=C1NC(=O)C2(N1)c1ccccc1-c1ccc(C3CC3)c(F)c12. The summed E-state index contributed by atoms with van der Waals surface area (Å²) in [5.74, 6) is -1.02. The number of benzene rings is 4. The van der Waals surface area contributed by atoms with Crippen molar-refractivity contribution in [1.82, 2.24) is 21.3 Å². The highest BCUT2D eigenvalue weighted by Crippen LogP contribution is 2.54. The van der Waals surface area contributed by atoms with Crippen molar-refractivity contribution in [3.05, 3.63) is 118 Å². The van der Waals surface area contributed by atoms with Crippen LogP contribution in [-0.4, -0.2) is 29.0 Å². The lowest BCUT2D eigenvalue weighted by molar-refractivity contribution is -0.123. The summed E-state index contributed by atoms with van der Waals surface area (Å²) >= 11 is 0. The zero-order chi connectivity index (χ0) is 31.6. The van der Waals surface area contributed by atoms with Gasteiger partial charge in [-0.15, -0.1) is 0 Å². The Morgan fingerprint density at radius 2 is 1.20 bits per heavy atom. The highest BCUT2D eigenvalue weighted by molar-refractivity contribution is 6.14. The van der Waals surface area contributed by atoms with Crippen LogP contribution in [0.3, 0.4) is 0 Å². The molecule has 2 saturated heterocycles. The van der Waals surface area contributed by atoms with E-state index in [9.17, 15) is 24.3 Å². The predicted octanol–water partition coefficient (Wildman–Crippen LogP) is 4.50. The van der Waals surface area contributed by atoms with Gasteiger partial charge in [-0.25, -0.2) is 14.0 Å². The Morgan fingerprint density at radius 3 is 1.78 bits per heavy atom.